The van der Waals surface area contributed by atoms with Crippen molar-refractivity contribution in [3.63, 3.8) is 0 Å². The van der Waals surface area contributed by atoms with E-state index in [4.69, 9.17) is 5.73 Å². The molecule has 0 aliphatic heterocycles. The lowest BCUT2D eigenvalue weighted by Gasteiger charge is -2.05. The molecule has 0 amide bonds. The maximum atomic E-state index is 12.9. The molecule has 2 aromatic carbocycles. The summed E-state index contributed by atoms with van der Waals surface area (Å²) in [6, 6.07) is 15.9. The third-order valence-electron chi connectivity index (χ3n) is 3.47. The molecule has 0 saturated carbocycles. The summed E-state index contributed by atoms with van der Waals surface area (Å²) in [6.07, 6.45) is 1.81. The van der Waals surface area contributed by atoms with Gasteiger partial charge in [0.05, 0.1) is 17.9 Å². The second-order valence-corrected chi connectivity index (χ2v) is 5.42. The molecule has 3 N–H and O–H groups in total. The van der Waals surface area contributed by atoms with Gasteiger partial charge in [0.1, 0.15) is 5.82 Å². The number of benzene rings is 2. The van der Waals surface area contributed by atoms with Crippen LogP contribution in [-0.4, -0.2) is 15.7 Å². The van der Waals surface area contributed by atoms with Gasteiger partial charge < -0.3 is 11.1 Å². The van der Waals surface area contributed by atoms with Crippen molar-refractivity contribution in [1.82, 2.24) is 9.78 Å². The first-order chi connectivity index (χ1) is 11.6. The van der Waals surface area contributed by atoms with Gasteiger partial charge in [0.2, 0.25) is 0 Å². The number of nitrogens with one attached hydrogen (secondary N) is 1. The highest BCUT2D eigenvalue weighted by Crippen LogP contribution is 2.10. The minimum absolute atomic E-state index is 0. The molecule has 3 aromatic rings. The topological polar surface area (TPSA) is 68.2 Å². The van der Waals surface area contributed by atoms with Crippen LogP contribution in [-0.2, 0) is 6.54 Å². The van der Waals surface area contributed by atoms with Gasteiger partial charge in [-0.05, 0) is 49.4 Å². The first-order valence-electron chi connectivity index (χ1n) is 7.54. The first-order valence-corrected chi connectivity index (χ1v) is 7.54. The maximum absolute atomic E-state index is 12.9. The van der Waals surface area contributed by atoms with Crippen molar-refractivity contribution < 1.29 is 4.39 Å². The summed E-state index contributed by atoms with van der Waals surface area (Å²) in [7, 11) is 0. The fourth-order valence-corrected chi connectivity index (χ4v) is 2.17. The Morgan fingerprint density at radius 2 is 1.80 bits per heavy atom. The molecule has 0 bridgehead atoms. The van der Waals surface area contributed by atoms with E-state index in [-0.39, 0.29) is 29.8 Å². The zero-order chi connectivity index (χ0) is 16.9. The smallest absolute Gasteiger partial charge is 0.193 e. The predicted octanol–water partition coefficient (Wildman–Crippen LogP) is 3.86. The molecule has 0 radical (unpaired) electrons. The van der Waals surface area contributed by atoms with Crippen LogP contribution in [0.5, 0.6) is 0 Å². The highest BCUT2D eigenvalue weighted by atomic mass is 127. The summed E-state index contributed by atoms with van der Waals surface area (Å²) < 4.78 is 14.6. The number of halogens is 2. The van der Waals surface area contributed by atoms with E-state index in [1.807, 2.05) is 43.5 Å². The Balaban J connectivity index is 0.00000225. The van der Waals surface area contributed by atoms with Crippen molar-refractivity contribution in [1.29, 1.82) is 0 Å². The van der Waals surface area contributed by atoms with E-state index >= 15 is 0 Å². The number of aliphatic imine (C=N–C) groups is 1. The van der Waals surface area contributed by atoms with Crippen LogP contribution in [0.2, 0.25) is 0 Å². The van der Waals surface area contributed by atoms with Crippen molar-refractivity contribution in [2.75, 3.05) is 5.32 Å². The molecule has 0 atom stereocenters. The lowest BCUT2D eigenvalue weighted by atomic mass is 10.2. The van der Waals surface area contributed by atoms with E-state index in [2.05, 4.69) is 15.4 Å². The normalized spacial score (nSPS) is 11.0. The molecule has 0 unspecified atom stereocenters. The van der Waals surface area contributed by atoms with Gasteiger partial charge in [-0.2, -0.15) is 5.10 Å². The number of anilines is 1. The monoisotopic (exact) mass is 451 g/mol. The Morgan fingerprint density at radius 1 is 1.12 bits per heavy atom. The van der Waals surface area contributed by atoms with Gasteiger partial charge in [-0.15, -0.1) is 24.0 Å². The van der Waals surface area contributed by atoms with Crippen molar-refractivity contribution in [3.8, 4) is 5.69 Å². The van der Waals surface area contributed by atoms with Crippen molar-refractivity contribution >= 4 is 35.6 Å². The first kappa shape index (κ1) is 18.9. The number of nitrogens with two attached hydrogens (primary N) is 1. The molecule has 0 aliphatic rings. The Bertz CT molecular complexity index is 841. The van der Waals surface area contributed by atoms with Gasteiger partial charge in [0.15, 0.2) is 5.96 Å². The highest BCUT2D eigenvalue weighted by molar-refractivity contribution is 14.0. The maximum Gasteiger partial charge on any atom is 0.193 e. The van der Waals surface area contributed by atoms with E-state index < -0.39 is 0 Å². The fraction of sp³-hybridized carbons (Fsp3) is 0.111. The minimum Gasteiger partial charge on any atom is -0.370 e. The molecule has 0 saturated heterocycles. The molecule has 3 rings (SSSR count). The largest absolute Gasteiger partial charge is 0.370 e. The average Bonchev–Trinajstić information content (AvgIpc) is 3.05. The Morgan fingerprint density at radius 3 is 2.48 bits per heavy atom. The molecule has 0 aliphatic carbocycles. The molecule has 0 fully saturated rings. The number of nitrogens with zero attached hydrogens (tertiary/aromatic N) is 3. The van der Waals surface area contributed by atoms with Crippen LogP contribution >= 0.6 is 24.0 Å². The van der Waals surface area contributed by atoms with Gasteiger partial charge in [0.25, 0.3) is 0 Å². The third-order valence-corrected chi connectivity index (χ3v) is 3.47. The number of hydrogen-bond donors (Lipinski definition) is 2. The summed E-state index contributed by atoms with van der Waals surface area (Å²) in [5.74, 6) is 0.0564. The van der Waals surface area contributed by atoms with Gasteiger partial charge in [0, 0.05) is 11.9 Å². The van der Waals surface area contributed by atoms with Crippen LogP contribution in [0, 0.1) is 12.7 Å². The standard InChI is InChI=1S/C18H18FN5.HI/c1-13-2-6-15(7-3-13)22-18(20)21-12-16-10-11-24(23-16)17-8-4-14(19)5-9-17;/h2-11H,12H2,1H3,(H3,20,21,22);1H. The quantitative estimate of drug-likeness (QED) is 0.360. The highest BCUT2D eigenvalue weighted by Gasteiger charge is 2.02. The SMILES string of the molecule is Cc1ccc(NC(N)=NCc2ccn(-c3ccc(F)cc3)n2)cc1.I. The molecule has 1 aromatic heterocycles. The molecule has 7 heteroatoms. The fourth-order valence-electron chi connectivity index (χ4n) is 2.17. The van der Waals surface area contributed by atoms with Crippen LogP contribution in [0.15, 0.2) is 65.8 Å². The lowest BCUT2D eigenvalue weighted by molar-refractivity contribution is 0.627. The van der Waals surface area contributed by atoms with E-state index in [0.717, 1.165) is 17.1 Å². The second-order valence-electron chi connectivity index (χ2n) is 5.42. The van der Waals surface area contributed by atoms with Gasteiger partial charge >= 0.3 is 0 Å². The summed E-state index contributed by atoms with van der Waals surface area (Å²) in [6.45, 7) is 2.39. The Hall–Kier alpha value is -2.42. The van der Waals surface area contributed by atoms with Crippen molar-refractivity contribution in [3.05, 3.63) is 77.9 Å². The van der Waals surface area contributed by atoms with Crippen LogP contribution in [0.1, 0.15) is 11.3 Å². The summed E-state index contributed by atoms with van der Waals surface area (Å²) >= 11 is 0. The molecule has 25 heavy (non-hydrogen) atoms. The number of guanidine groups is 1. The summed E-state index contributed by atoms with van der Waals surface area (Å²) in [5.41, 5.74) is 9.52. The molecule has 0 spiro atoms. The van der Waals surface area contributed by atoms with Gasteiger partial charge in [-0.1, -0.05) is 17.7 Å². The molecule has 5 nitrogen and oxygen atoms in total. The zero-order valence-electron chi connectivity index (χ0n) is 13.7. The van der Waals surface area contributed by atoms with E-state index in [1.165, 1.54) is 17.7 Å². The lowest BCUT2D eigenvalue weighted by Crippen LogP contribution is -2.22. The number of aryl methyl sites for hydroxylation is 1. The summed E-state index contributed by atoms with van der Waals surface area (Å²) in [4.78, 5) is 4.28. The number of hydrogen-bond acceptors (Lipinski definition) is 2. The predicted molar refractivity (Wildman–Crippen MR) is 109 cm³/mol. The van der Waals surface area contributed by atoms with E-state index in [9.17, 15) is 4.39 Å². The van der Waals surface area contributed by atoms with Crippen LogP contribution in [0.3, 0.4) is 0 Å². The number of aromatic nitrogens is 2. The van der Waals surface area contributed by atoms with Crippen LogP contribution in [0.4, 0.5) is 10.1 Å². The summed E-state index contributed by atoms with van der Waals surface area (Å²) in [5, 5.41) is 7.44. The zero-order valence-corrected chi connectivity index (χ0v) is 16.0. The van der Waals surface area contributed by atoms with Gasteiger partial charge in [-0.3, -0.25) is 0 Å². The third kappa shape index (κ3) is 5.28. The second kappa shape index (κ2) is 8.61. The van der Waals surface area contributed by atoms with Crippen LogP contribution in [0.25, 0.3) is 5.69 Å². The Labute approximate surface area is 162 Å². The van der Waals surface area contributed by atoms with E-state index in [1.54, 1.807) is 16.8 Å². The number of rotatable bonds is 4. The van der Waals surface area contributed by atoms with Crippen LogP contribution < -0.4 is 11.1 Å². The molecular formula is C18H19FIN5. The Kier molecular flexibility index (Phi) is 6.51. The van der Waals surface area contributed by atoms with Crippen molar-refractivity contribution in [2.45, 2.75) is 13.5 Å². The van der Waals surface area contributed by atoms with Gasteiger partial charge in [-0.25, -0.2) is 14.1 Å². The minimum atomic E-state index is -0.273. The van der Waals surface area contributed by atoms with Crippen molar-refractivity contribution in [2.24, 2.45) is 10.7 Å². The average molecular weight is 451 g/mol. The molecular weight excluding hydrogens is 432 g/mol. The molecule has 1 heterocycles. The molecule has 130 valence electrons. The van der Waals surface area contributed by atoms with E-state index in [0.29, 0.717) is 12.5 Å².